The molecule has 4 N–H and O–H groups in total. The van der Waals surface area contributed by atoms with Crippen LogP contribution >= 0.6 is 0 Å². The molecule has 0 saturated heterocycles. The SMILES string of the molecule is CC(C)(C)OC(=O)C1C[C@H](N)CCC1N. The highest BCUT2D eigenvalue weighted by molar-refractivity contribution is 5.74. The molecule has 0 spiro atoms. The van der Waals surface area contributed by atoms with Gasteiger partial charge in [0.15, 0.2) is 0 Å². The Hall–Kier alpha value is -0.610. The van der Waals surface area contributed by atoms with Crippen molar-refractivity contribution in [3.05, 3.63) is 0 Å². The Kier molecular flexibility index (Phi) is 3.73. The summed E-state index contributed by atoms with van der Waals surface area (Å²) in [4.78, 5) is 11.8. The third-order valence-corrected chi connectivity index (χ3v) is 2.65. The summed E-state index contributed by atoms with van der Waals surface area (Å²) < 4.78 is 5.32. The Morgan fingerprint density at radius 1 is 1.27 bits per heavy atom. The Morgan fingerprint density at radius 3 is 2.40 bits per heavy atom. The molecule has 0 aromatic heterocycles. The van der Waals surface area contributed by atoms with Crippen LogP contribution in [-0.4, -0.2) is 23.7 Å². The fourth-order valence-electron chi connectivity index (χ4n) is 1.88. The smallest absolute Gasteiger partial charge is 0.311 e. The molecule has 0 aromatic rings. The van der Waals surface area contributed by atoms with Crippen molar-refractivity contribution in [2.24, 2.45) is 17.4 Å². The minimum atomic E-state index is -0.446. The average Bonchev–Trinajstić information content (AvgIpc) is 2.06. The molecule has 4 heteroatoms. The van der Waals surface area contributed by atoms with Crippen molar-refractivity contribution >= 4 is 5.97 Å². The summed E-state index contributed by atoms with van der Waals surface area (Å²) >= 11 is 0. The molecule has 1 aliphatic carbocycles. The lowest BCUT2D eigenvalue weighted by atomic mass is 9.82. The van der Waals surface area contributed by atoms with Crippen LogP contribution in [0.4, 0.5) is 0 Å². The van der Waals surface area contributed by atoms with E-state index in [1.54, 1.807) is 0 Å². The predicted octanol–water partition coefficient (Wildman–Crippen LogP) is 0.783. The molecule has 0 aromatic carbocycles. The van der Waals surface area contributed by atoms with Crippen LogP contribution < -0.4 is 11.5 Å². The lowest BCUT2D eigenvalue weighted by molar-refractivity contribution is -0.161. The Balaban J connectivity index is 2.57. The van der Waals surface area contributed by atoms with Crippen LogP contribution in [0, 0.1) is 5.92 Å². The summed E-state index contributed by atoms with van der Waals surface area (Å²) in [6, 6.07) is -0.0121. The molecule has 4 nitrogen and oxygen atoms in total. The number of carbonyl (C=O) groups is 1. The highest BCUT2D eigenvalue weighted by Gasteiger charge is 2.34. The highest BCUT2D eigenvalue weighted by atomic mass is 16.6. The van der Waals surface area contributed by atoms with Crippen LogP contribution in [0.1, 0.15) is 40.0 Å². The first-order valence-electron chi connectivity index (χ1n) is 5.53. The fourth-order valence-corrected chi connectivity index (χ4v) is 1.88. The molecular formula is C11H22N2O2. The second-order valence-corrected chi connectivity index (χ2v) is 5.38. The summed E-state index contributed by atoms with van der Waals surface area (Å²) in [6.45, 7) is 5.58. The molecule has 1 fully saturated rings. The van der Waals surface area contributed by atoms with Crippen molar-refractivity contribution < 1.29 is 9.53 Å². The number of nitrogens with two attached hydrogens (primary N) is 2. The Morgan fingerprint density at radius 2 is 1.87 bits per heavy atom. The summed E-state index contributed by atoms with van der Waals surface area (Å²) in [5.74, 6) is -0.432. The van der Waals surface area contributed by atoms with Crippen LogP contribution in [-0.2, 0) is 9.53 Å². The van der Waals surface area contributed by atoms with E-state index in [9.17, 15) is 4.79 Å². The monoisotopic (exact) mass is 214 g/mol. The van der Waals surface area contributed by atoms with Gasteiger partial charge in [-0.2, -0.15) is 0 Å². The van der Waals surface area contributed by atoms with Gasteiger partial charge in [-0.25, -0.2) is 0 Å². The number of hydrogen-bond donors (Lipinski definition) is 2. The van der Waals surface area contributed by atoms with E-state index in [0.29, 0.717) is 6.42 Å². The van der Waals surface area contributed by atoms with E-state index < -0.39 is 5.60 Å². The molecule has 0 bridgehead atoms. The molecule has 0 aliphatic heterocycles. The van der Waals surface area contributed by atoms with E-state index in [1.807, 2.05) is 20.8 Å². The molecule has 1 rings (SSSR count). The third-order valence-electron chi connectivity index (χ3n) is 2.65. The second-order valence-electron chi connectivity index (χ2n) is 5.38. The van der Waals surface area contributed by atoms with E-state index in [0.717, 1.165) is 12.8 Å². The zero-order chi connectivity index (χ0) is 11.6. The van der Waals surface area contributed by atoms with Gasteiger partial charge in [0.1, 0.15) is 5.60 Å². The van der Waals surface area contributed by atoms with E-state index in [1.165, 1.54) is 0 Å². The van der Waals surface area contributed by atoms with Crippen molar-refractivity contribution in [3.63, 3.8) is 0 Å². The maximum Gasteiger partial charge on any atom is 0.311 e. The molecule has 1 aliphatic rings. The topological polar surface area (TPSA) is 78.3 Å². The summed E-state index contributed by atoms with van der Waals surface area (Å²) in [6.07, 6.45) is 2.36. The number of carbonyl (C=O) groups excluding carboxylic acids is 1. The number of rotatable bonds is 1. The first-order chi connectivity index (χ1) is 6.79. The molecule has 2 unspecified atom stereocenters. The molecule has 1 saturated carbocycles. The normalized spacial score (nSPS) is 32.5. The standard InChI is InChI=1S/C11H22N2O2/c1-11(2,3)15-10(14)8-6-7(12)4-5-9(8)13/h7-9H,4-6,12-13H2,1-3H3/t7-,8?,9?/m1/s1. The molecule has 15 heavy (non-hydrogen) atoms. The zero-order valence-corrected chi connectivity index (χ0v) is 9.82. The molecule has 88 valence electrons. The molecule has 0 heterocycles. The van der Waals surface area contributed by atoms with Crippen LogP contribution in [0.2, 0.25) is 0 Å². The second kappa shape index (κ2) is 4.49. The number of hydrogen-bond acceptors (Lipinski definition) is 4. The first kappa shape index (κ1) is 12.5. The van der Waals surface area contributed by atoms with Crippen molar-refractivity contribution in [2.45, 2.75) is 57.7 Å². The van der Waals surface area contributed by atoms with Gasteiger partial charge in [-0.05, 0) is 40.0 Å². The molecule has 3 atom stereocenters. The minimum absolute atomic E-state index is 0.0855. The van der Waals surface area contributed by atoms with Crippen molar-refractivity contribution in [1.29, 1.82) is 0 Å². The summed E-state index contributed by atoms with van der Waals surface area (Å²) in [5, 5.41) is 0. The maximum absolute atomic E-state index is 11.8. The Labute approximate surface area is 91.3 Å². The van der Waals surface area contributed by atoms with E-state index >= 15 is 0 Å². The van der Waals surface area contributed by atoms with Gasteiger partial charge in [0.25, 0.3) is 0 Å². The largest absolute Gasteiger partial charge is 0.460 e. The van der Waals surface area contributed by atoms with Crippen LogP contribution in [0.15, 0.2) is 0 Å². The van der Waals surface area contributed by atoms with E-state index in [2.05, 4.69) is 0 Å². The van der Waals surface area contributed by atoms with Gasteiger partial charge in [0.05, 0.1) is 5.92 Å². The van der Waals surface area contributed by atoms with E-state index in [4.69, 9.17) is 16.2 Å². The Bertz CT molecular complexity index is 235. The third kappa shape index (κ3) is 3.80. The minimum Gasteiger partial charge on any atom is -0.460 e. The van der Waals surface area contributed by atoms with Gasteiger partial charge in [0.2, 0.25) is 0 Å². The lowest BCUT2D eigenvalue weighted by Crippen LogP contribution is -2.46. The number of esters is 1. The maximum atomic E-state index is 11.8. The zero-order valence-electron chi connectivity index (χ0n) is 9.82. The van der Waals surface area contributed by atoms with Gasteiger partial charge >= 0.3 is 5.97 Å². The predicted molar refractivity (Wildman–Crippen MR) is 59.1 cm³/mol. The number of ether oxygens (including phenoxy) is 1. The van der Waals surface area contributed by atoms with Gasteiger partial charge < -0.3 is 16.2 Å². The highest BCUT2D eigenvalue weighted by Crippen LogP contribution is 2.25. The quantitative estimate of drug-likeness (QED) is 0.632. The van der Waals surface area contributed by atoms with Gasteiger partial charge in [0, 0.05) is 12.1 Å². The first-order valence-corrected chi connectivity index (χ1v) is 5.53. The summed E-state index contributed by atoms with van der Waals surface area (Å²) in [5.41, 5.74) is 11.3. The molecule has 0 radical (unpaired) electrons. The summed E-state index contributed by atoms with van der Waals surface area (Å²) in [7, 11) is 0. The fraction of sp³-hybridized carbons (Fsp3) is 0.909. The van der Waals surface area contributed by atoms with Gasteiger partial charge in [-0.3, -0.25) is 4.79 Å². The molecule has 0 amide bonds. The van der Waals surface area contributed by atoms with Gasteiger partial charge in [-0.1, -0.05) is 0 Å². The van der Waals surface area contributed by atoms with E-state index in [-0.39, 0.29) is 24.0 Å². The lowest BCUT2D eigenvalue weighted by Gasteiger charge is -2.32. The van der Waals surface area contributed by atoms with Crippen LogP contribution in [0.3, 0.4) is 0 Å². The average molecular weight is 214 g/mol. The van der Waals surface area contributed by atoms with Crippen molar-refractivity contribution in [3.8, 4) is 0 Å². The van der Waals surface area contributed by atoms with Crippen LogP contribution in [0.5, 0.6) is 0 Å². The van der Waals surface area contributed by atoms with Gasteiger partial charge in [-0.15, -0.1) is 0 Å². The van der Waals surface area contributed by atoms with Crippen molar-refractivity contribution in [2.75, 3.05) is 0 Å². The van der Waals surface area contributed by atoms with Crippen LogP contribution in [0.25, 0.3) is 0 Å². The molecular weight excluding hydrogens is 192 g/mol. The van der Waals surface area contributed by atoms with Crippen molar-refractivity contribution in [1.82, 2.24) is 0 Å².